The fraction of sp³-hybridized carbons (Fsp3) is 0.462. The predicted molar refractivity (Wildman–Crippen MR) is 130 cm³/mol. The molecule has 0 radical (unpaired) electrons. The normalized spacial score (nSPS) is 30.7. The third-order valence-electron chi connectivity index (χ3n) is 8.95. The van der Waals surface area contributed by atoms with Crippen LogP contribution in [0.3, 0.4) is 0 Å². The van der Waals surface area contributed by atoms with Gasteiger partial charge in [-0.25, -0.2) is 30.3 Å². The topological polar surface area (TPSA) is 89.5 Å². The molecule has 2 aliphatic carbocycles. The minimum absolute atomic E-state index is 0.000830. The molecular weight excluding hydrogens is 565 g/mol. The number of ether oxygens (including phenoxy) is 1. The van der Waals surface area contributed by atoms with E-state index in [4.69, 9.17) is 4.74 Å². The van der Waals surface area contributed by atoms with Gasteiger partial charge >= 0.3 is 6.18 Å². The van der Waals surface area contributed by atoms with Crippen molar-refractivity contribution in [1.82, 2.24) is 4.72 Å². The van der Waals surface area contributed by atoms with Gasteiger partial charge in [0, 0.05) is 12.0 Å². The third kappa shape index (κ3) is 3.65. The van der Waals surface area contributed by atoms with E-state index in [1.54, 1.807) is 12.2 Å². The molecule has 4 atom stereocenters. The average molecular weight is 590 g/mol. The first-order chi connectivity index (χ1) is 18.2. The zero-order valence-corrected chi connectivity index (χ0v) is 22.0. The Labute approximate surface area is 222 Å². The largest absolute Gasteiger partial charge is 0.490 e. The Hall–Kier alpha value is -2.51. The quantitative estimate of drug-likeness (QED) is 0.400. The van der Waals surface area contributed by atoms with Gasteiger partial charge in [0.05, 0.1) is 27.4 Å². The first-order valence-electron chi connectivity index (χ1n) is 12.4. The number of fused-ring (bicyclic) bond motifs is 5. The smallest absolute Gasteiger partial charge is 0.416 e. The first kappa shape index (κ1) is 26.7. The summed E-state index contributed by atoms with van der Waals surface area (Å²) in [4.78, 5) is -0.468. The van der Waals surface area contributed by atoms with Gasteiger partial charge in [0.15, 0.2) is 21.4 Å². The summed E-state index contributed by atoms with van der Waals surface area (Å²) in [5.41, 5.74) is -1.55. The van der Waals surface area contributed by atoms with Crippen LogP contribution in [0.2, 0.25) is 0 Å². The Morgan fingerprint density at radius 3 is 2.26 bits per heavy atom. The van der Waals surface area contributed by atoms with Crippen LogP contribution in [0.4, 0.5) is 22.0 Å². The number of allylic oxidation sites excluding steroid dienone is 2. The van der Waals surface area contributed by atoms with Gasteiger partial charge in [-0.3, -0.25) is 0 Å². The second-order valence-corrected chi connectivity index (χ2v) is 15.1. The van der Waals surface area contributed by atoms with Crippen LogP contribution < -0.4 is 9.46 Å². The molecule has 2 heterocycles. The molecule has 210 valence electrons. The van der Waals surface area contributed by atoms with Crippen LogP contribution in [-0.4, -0.2) is 34.2 Å². The number of rotatable bonds is 2. The van der Waals surface area contributed by atoms with Gasteiger partial charge in [-0.1, -0.05) is 12.2 Å². The molecule has 2 aromatic rings. The van der Waals surface area contributed by atoms with Crippen molar-refractivity contribution in [2.45, 2.75) is 58.7 Å². The van der Waals surface area contributed by atoms with Crippen LogP contribution >= 0.6 is 0 Å². The lowest BCUT2D eigenvalue weighted by Crippen LogP contribution is -2.66. The minimum Gasteiger partial charge on any atom is -0.490 e. The van der Waals surface area contributed by atoms with Gasteiger partial charge in [-0.15, -0.1) is 0 Å². The van der Waals surface area contributed by atoms with Gasteiger partial charge in [0.25, 0.3) is 0 Å². The van der Waals surface area contributed by atoms with Crippen LogP contribution in [0.1, 0.15) is 43.2 Å². The third-order valence-corrected chi connectivity index (χ3v) is 13.8. The fourth-order valence-electron chi connectivity index (χ4n) is 7.07. The van der Waals surface area contributed by atoms with E-state index in [1.165, 1.54) is 0 Å². The van der Waals surface area contributed by atoms with Crippen LogP contribution in [0.15, 0.2) is 53.4 Å². The second kappa shape index (κ2) is 8.50. The monoisotopic (exact) mass is 589 g/mol. The molecule has 39 heavy (non-hydrogen) atoms. The number of benzene rings is 2. The maximum Gasteiger partial charge on any atom is 0.416 e. The highest BCUT2D eigenvalue weighted by Gasteiger charge is 2.66. The van der Waals surface area contributed by atoms with Crippen molar-refractivity contribution in [3.8, 4) is 5.75 Å². The maximum absolute atomic E-state index is 15.6. The van der Waals surface area contributed by atoms with Gasteiger partial charge in [0.1, 0.15) is 10.6 Å². The van der Waals surface area contributed by atoms with Crippen molar-refractivity contribution in [2.75, 3.05) is 6.61 Å². The molecule has 6 rings (SSSR count). The summed E-state index contributed by atoms with van der Waals surface area (Å²) >= 11 is 0. The fourth-order valence-corrected chi connectivity index (χ4v) is 11.5. The summed E-state index contributed by atoms with van der Waals surface area (Å²) in [5.74, 6) is -4.16. The number of hydrogen-bond acceptors (Lipinski definition) is 5. The molecule has 0 aromatic heterocycles. The lowest BCUT2D eigenvalue weighted by Gasteiger charge is -2.56. The molecule has 4 aliphatic rings. The summed E-state index contributed by atoms with van der Waals surface area (Å²) in [6.45, 7) is -0.334. The van der Waals surface area contributed by atoms with Crippen LogP contribution in [0, 0.1) is 23.5 Å². The molecule has 0 bridgehead atoms. The van der Waals surface area contributed by atoms with E-state index < -0.39 is 86.8 Å². The molecule has 13 heteroatoms. The van der Waals surface area contributed by atoms with Crippen molar-refractivity contribution in [3.05, 3.63) is 71.3 Å². The average Bonchev–Trinajstić information content (AvgIpc) is 3.36. The Morgan fingerprint density at radius 1 is 0.974 bits per heavy atom. The van der Waals surface area contributed by atoms with Gasteiger partial charge in [-0.2, -0.15) is 13.2 Å². The van der Waals surface area contributed by atoms with Crippen molar-refractivity contribution in [3.63, 3.8) is 0 Å². The molecule has 2 fully saturated rings. The van der Waals surface area contributed by atoms with Crippen LogP contribution in [0.25, 0.3) is 0 Å². The lowest BCUT2D eigenvalue weighted by atomic mass is 9.63. The van der Waals surface area contributed by atoms with Gasteiger partial charge in [-0.05, 0) is 74.4 Å². The molecule has 1 saturated carbocycles. The lowest BCUT2D eigenvalue weighted by molar-refractivity contribution is -0.137. The molecule has 1 spiro atoms. The molecule has 1 saturated heterocycles. The van der Waals surface area contributed by atoms with E-state index in [1.807, 2.05) is 0 Å². The van der Waals surface area contributed by atoms with E-state index in [2.05, 4.69) is 4.72 Å². The highest BCUT2D eigenvalue weighted by Crippen LogP contribution is 2.61. The van der Waals surface area contributed by atoms with Gasteiger partial charge in [0.2, 0.25) is 10.0 Å². The second-order valence-electron chi connectivity index (χ2n) is 10.8. The van der Waals surface area contributed by atoms with Crippen molar-refractivity contribution in [1.29, 1.82) is 0 Å². The zero-order chi connectivity index (χ0) is 28.0. The molecule has 0 unspecified atom stereocenters. The molecule has 0 amide bonds. The zero-order valence-electron chi connectivity index (χ0n) is 20.3. The number of hydrogen-bond donors (Lipinski definition) is 1. The number of nitrogens with one attached hydrogen (secondary N) is 1. The standard InChI is InChI=1S/C26H24F5NO5S2/c27-19-7-8-20(28)23-22(19)25(38(33,34)16-5-3-15(4-6-16)26(29,30)31)12-9-21-17(18(25)14-37-23)13-24(10-1-2-11-24)39(35,36)32-21/h1-8,17-18,21,32H,9-14H2/t17-,18+,21+,25+/m1/s1. The Bertz CT molecular complexity index is 1580. The number of sulfonamides is 1. The molecule has 2 aliphatic heterocycles. The van der Waals surface area contributed by atoms with Crippen molar-refractivity contribution >= 4 is 19.9 Å². The molecule has 6 nitrogen and oxygen atoms in total. The van der Waals surface area contributed by atoms with Gasteiger partial charge < -0.3 is 4.74 Å². The Balaban J connectivity index is 1.55. The number of alkyl halides is 3. The SMILES string of the molecule is O=S1(=O)N[C@H]2CC[C@@]3(S(=O)(=O)c4ccc(C(F)(F)F)cc4)c4c(F)ccc(F)c4OC[C@H]3[C@H]2CC12CC=CC2. The van der Waals surface area contributed by atoms with Crippen molar-refractivity contribution < 1.29 is 43.5 Å². The molecule has 1 N–H and O–H groups in total. The van der Waals surface area contributed by atoms with Crippen molar-refractivity contribution in [2.24, 2.45) is 11.8 Å². The number of sulfone groups is 1. The van der Waals surface area contributed by atoms with Crippen LogP contribution in [0.5, 0.6) is 5.75 Å². The Morgan fingerprint density at radius 2 is 1.62 bits per heavy atom. The summed E-state index contributed by atoms with van der Waals surface area (Å²) in [5, 5.41) is 0. The highest BCUT2D eigenvalue weighted by molar-refractivity contribution is 7.92. The summed E-state index contributed by atoms with van der Waals surface area (Å²) < 4.78 is 131. The molecular formula is C26H24F5NO5S2. The first-order valence-corrected chi connectivity index (χ1v) is 15.4. The van der Waals surface area contributed by atoms with Crippen LogP contribution in [-0.2, 0) is 30.8 Å². The summed E-state index contributed by atoms with van der Waals surface area (Å²) in [6.07, 6.45) is -0.984. The maximum atomic E-state index is 15.6. The van der Waals surface area contributed by atoms with E-state index >= 15 is 4.39 Å². The summed E-state index contributed by atoms with van der Waals surface area (Å²) in [6, 6.07) is 3.90. The minimum atomic E-state index is -4.70. The van der Waals surface area contributed by atoms with E-state index in [0.29, 0.717) is 12.1 Å². The van der Waals surface area contributed by atoms with E-state index in [-0.39, 0.29) is 38.7 Å². The van der Waals surface area contributed by atoms with E-state index in [0.717, 1.165) is 24.3 Å². The predicted octanol–water partition coefficient (Wildman–Crippen LogP) is 4.85. The van der Waals surface area contributed by atoms with E-state index in [9.17, 15) is 34.4 Å². The number of halogens is 5. The molecule has 2 aromatic carbocycles. The highest BCUT2D eigenvalue weighted by atomic mass is 32.2. The summed E-state index contributed by atoms with van der Waals surface area (Å²) in [7, 11) is -8.44. The Kier molecular flexibility index (Phi) is 5.82.